The minimum Gasteiger partial charge on any atom is -0.369 e. The van der Waals surface area contributed by atoms with E-state index in [1.807, 2.05) is 0 Å². The van der Waals surface area contributed by atoms with Gasteiger partial charge in [0.1, 0.15) is 6.10 Å². The summed E-state index contributed by atoms with van der Waals surface area (Å²) in [6.07, 6.45) is 15.0. The van der Waals surface area contributed by atoms with Gasteiger partial charge in [0, 0.05) is 12.5 Å². The van der Waals surface area contributed by atoms with E-state index in [1.165, 1.54) is 36.0 Å². The van der Waals surface area contributed by atoms with Crippen molar-refractivity contribution in [1.29, 1.82) is 0 Å². The third-order valence-electron chi connectivity index (χ3n) is 7.18. The number of ether oxygens (including phenoxy) is 1. The van der Waals surface area contributed by atoms with Gasteiger partial charge in [0.05, 0.1) is 0 Å². The Morgan fingerprint density at radius 2 is 1.96 bits per heavy atom. The van der Waals surface area contributed by atoms with E-state index in [-0.39, 0.29) is 16.9 Å². The van der Waals surface area contributed by atoms with Crippen LogP contribution in [0.3, 0.4) is 0 Å². The van der Waals surface area contributed by atoms with Crippen LogP contribution in [0.4, 0.5) is 0 Å². The summed E-state index contributed by atoms with van der Waals surface area (Å²) in [6.45, 7) is 16.5. The van der Waals surface area contributed by atoms with Crippen molar-refractivity contribution in [3.8, 4) is 12.3 Å². The number of benzene rings is 1. The maximum atomic E-state index is 5.69. The molecule has 28 heavy (non-hydrogen) atoms. The van der Waals surface area contributed by atoms with E-state index in [0.717, 1.165) is 6.42 Å². The molecule has 0 saturated heterocycles. The minimum absolute atomic E-state index is 0.0622. The summed E-state index contributed by atoms with van der Waals surface area (Å²) in [5.74, 6) is 3.78. The maximum absolute atomic E-state index is 5.69. The van der Waals surface area contributed by atoms with E-state index in [1.54, 1.807) is 12.7 Å². The van der Waals surface area contributed by atoms with Gasteiger partial charge in [-0.3, -0.25) is 0 Å². The summed E-state index contributed by atoms with van der Waals surface area (Å²) >= 11 is 0. The Morgan fingerprint density at radius 3 is 2.50 bits per heavy atom. The predicted octanol–water partition coefficient (Wildman–Crippen LogP) is 7.11. The average molecular weight is 381 g/mol. The van der Waals surface area contributed by atoms with E-state index < -0.39 is 0 Å². The predicted molar refractivity (Wildman–Crippen MR) is 122 cm³/mol. The molecular formula is C27H40O. The molecule has 0 radical (unpaired) electrons. The molecule has 0 amide bonds. The van der Waals surface area contributed by atoms with E-state index in [9.17, 15) is 0 Å². The van der Waals surface area contributed by atoms with E-state index in [0.29, 0.717) is 11.8 Å². The van der Waals surface area contributed by atoms with Gasteiger partial charge < -0.3 is 4.74 Å². The van der Waals surface area contributed by atoms with Crippen LogP contribution in [0.5, 0.6) is 0 Å². The quantitative estimate of drug-likeness (QED) is 0.362. The van der Waals surface area contributed by atoms with E-state index in [2.05, 4.69) is 78.7 Å². The maximum Gasteiger partial charge on any atom is 0.118 e. The fraction of sp³-hybridized carbons (Fsp3) is 0.630. The first-order chi connectivity index (χ1) is 13.1. The SMILES string of the molecule is C#CC(CC(C)c1ccc(C)c(C)c1C1(CCC)C=CC(C)CC1(C)C)OC. The highest BCUT2D eigenvalue weighted by Gasteiger charge is 2.48. The van der Waals surface area contributed by atoms with Crippen LogP contribution in [-0.2, 0) is 10.2 Å². The van der Waals surface area contributed by atoms with Gasteiger partial charge in [0.15, 0.2) is 0 Å². The minimum atomic E-state index is -0.137. The van der Waals surface area contributed by atoms with Crippen LogP contribution in [0.2, 0.25) is 0 Å². The number of methoxy groups -OCH3 is 1. The summed E-state index contributed by atoms with van der Waals surface area (Å²) < 4.78 is 5.51. The van der Waals surface area contributed by atoms with Crippen molar-refractivity contribution in [3.05, 3.63) is 46.5 Å². The molecule has 0 fully saturated rings. The summed E-state index contributed by atoms with van der Waals surface area (Å²) in [6, 6.07) is 4.63. The molecular weight excluding hydrogens is 340 g/mol. The number of terminal acetylenes is 1. The highest BCUT2D eigenvalue weighted by molar-refractivity contribution is 5.51. The number of aryl methyl sites for hydroxylation is 1. The first-order valence-electron chi connectivity index (χ1n) is 10.9. The molecule has 0 N–H and O–H groups in total. The molecule has 154 valence electrons. The Morgan fingerprint density at radius 1 is 1.29 bits per heavy atom. The van der Waals surface area contributed by atoms with Gasteiger partial charge >= 0.3 is 0 Å². The fourth-order valence-electron chi connectivity index (χ4n) is 5.49. The topological polar surface area (TPSA) is 9.23 Å². The number of allylic oxidation sites excluding steroid dienone is 2. The van der Waals surface area contributed by atoms with Gasteiger partial charge in [-0.15, -0.1) is 6.42 Å². The van der Waals surface area contributed by atoms with Crippen molar-refractivity contribution in [2.75, 3.05) is 7.11 Å². The standard InChI is InChI=1S/C27H40O/c1-10-15-27(16-14-19(3)18-26(27,7)8)25-22(6)20(4)12-13-24(25)21(5)17-23(11-2)28-9/h2,12-14,16,19,21,23H,10,15,17-18H2,1,3-9H3. The van der Waals surface area contributed by atoms with E-state index in [4.69, 9.17) is 11.2 Å². The molecule has 0 bridgehead atoms. The molecule has 1 aliphatic carbocycles. The number of rotatable bonds is 7. The lowest BCUT2D eigenvalue weighted by Gasteiger charge is -2.51. The van der Waals surface area contributed by atoms with Crippen molar-refractivity contribution < 1.29 is 4.74 Å². The highest BCUT2D eigenvalue weighted by Crippen LogP contribution is 2.55. The second-order valence-corrected chi connectivity index (χ2v) is 9.65. The first-order valence-corrected chi connectivity index (χ1v) is 10.9. The van der Waals surface area contributed by atoms with Crippen molar-refractivity contribution in [3.63, 3.8) is 0 Å². The normalized spacial score (nSPS) is 25.9. The number of hydrogen-bond acceptors (Lipinski definition) is 1. The average Bonchev–Trinajstić information content (AvgIpc) is 2.63. The second-order valence-electron chi connectivity index (χ2n) is 9.65. The lowest BCUT2D eigenvalue weighted by atomic mass is 9.52. The third kappa shape index (κ3) is 4.08. The molecule has 1 aromatic carbocycles. The Balaban J connectivity index is 2.72. The molecule has 1 nitrogen and oxygen atoms in total. The van der Waals surface area contributed by atoms with Crippen LogP contribution in [-0.4, -0.2) is 13.2 Å². The molecule has 0 saturated carbocycles. The molecule has 1 aliphatic rings. The number of hydrogen-bond donors (Lipinski definition) is 0. The Hall–Kier alpha value is -1.52. The molecule has 4 unspecified atom stereocenters. The van der Waals surface area contributed by atoms with Crippen molar-refractivity contribution in [1.82, 2.24) is 0 Å². The lowest BCUT2D eigenvalue weighted by Crippen LogP contribution is -2.45. The smallest absolute Gasteiger partial charge is 0.118 e. The van der Waals surface area contributed by atoms with Gasteiger partial charge in [0.25, 0.3) is 0 Å². The van der Waals surface area contributed by atoms with Crippen molar-refractivity contribution in [2.24, 2.45) is 11.3 Å². The Bertz CT molecular complexity index is 748. The summed E-state index contributed by atoms with van der Waals surface area (Å²) in [5.41, 5.74) is 6.08. The zero-order chi connectivity index (χ0) is 21.1. The van der Waals surface area contributed by atoms with Crippen LogP contribution in [0.15, 0.2) is 24.3 Å². The van der Waals surface area contributed by atoms with Crippen molar-refractivity contribution in [2.45, 2.75) is 91.6 Å². The van der Waals surface area contributed by atoms with Gasteiger partial charge in [0.2, 0.25) is 0 Å². The zero-order valence-corrected chi connectivity index (χ0v) is 19.4. The van der Waals surface area contributed by atoms with Gasteiger partial charge in [-0.05, 0) is 72.6 Å². The molecule has 1 heteroatoms. The monoisotopic (exact) mass is 380 g/mol. The van der Waals surface area contributed by atoms with Crippen LogP contribution in [0.1, 0.15) is 88.5 Å². The molecule has 1 aromatic rings. The molecule has 0 aromatic heterocycles. The third-order valence-corrected chi connectivity index (χ3v) is 7.18. The van der Waals surface area contributed by atoms with Gasteiger partial charge in [-0.25, -0.2) is 0 Å². The van der Waals surface area contributed by atoms with Crippen LogP contribution < -0.4 is 0 Å². The lowest BCUT2D eigenvalue weighted by molar-refractivity contribution is 0.133. The zero-order valence-electron chi connectivity index (χ0n) is 19.4. The van der Waals surface area contributed by atoms with Crippen LogP contribution in [0.25, 0.3) is 0 Å². The highest BCUT2D eigenvalue weighted by atomic mass is 16.5. The molecule has 0 heterocycles. The Kier molecular flexibility index (Phi) is 7.22. The van der Waals surface area contributed by atoms with Crippen molar-refractivity contribution >= 4 is 0 Å². The molecule has 0 spiro atoms. The van der Waals surface area contributed by atoms with E-state index >= 15 is 0 Å². The first kappa shape index (κ1) is 22.8. The van der Waals surface area contributed by atoms with Crippen LogP contribution >= 0.6 is 0 Å². The van der Waals surface area contributed by atoms with Gasteiger partial charge in [-0.1, -0.05) is 71.2 Å². The fourth-order valence-corrected chi connectivity index (χ4v) is 5.49. The molecule has 4 atom stereocenters. The largest absolute Gasteiger partial charge is 0.369 e. The molecule has 0 aliphatic heterocycles. The second kappa shape index (κ2) is 8.87. The van der Waals surface area contributed by atoms with Crippen LogP contribution in [0, 0.1) is 37.5 Å². The summed E-state index contributed by atoms with van der Waals surface area (Å²) in [5, 5.41) is 0. The summed E-state index contributed by atoms with van der Waals surface area (Å²) in [7, 11) is 1.71. The van der Waals surface area contributed by atoms with Gasteiger partial charge in [-0.2, -0.15) is 0 Å². The summed E-state index contributed by atoms with van der Waals surface area (Å²) in [4.78, 5) is 0. The molecule has 2 rings (SSSR count). The Labute approximate surface area is 174 Å².